The van der Waals surface area contributed by atoms with E-state index in [0.29, 0.717) is 11.4 Å². The van der Waals surface area contributed by atoms with Gasteiger partial charge in [-0.2, -0.15) is 13.2 Å². The highest BCUT2D eigenvalue weighted by atomic mass is 35.5. The Morgan fingerprint density at radius 2 is 2.21 bits per heavy atom. The number of amides is 1. The fraction of sp³-hybridized carbons (Fsp3) is 0.600. The first-order chi connectivity index (χ1) is 8.70. The molecule has 1 aliphatic carbocycles. The zero-order valence-corrected chi connectivity index (χ0v) is 11.8. The number of carbonyl (C=O) groups excluding carboxylic acids is 1. The third kappa shape index (κ3) is 3.73. The molecule has 1 atom stereocenters. The van der Waals surface area contributed by atoms with E-state index in [-0.39, 0.29) is 18.9 Å². The van der Waals surface area contributed by atoms with Crippen molar-refractivity contribution in [3.05, 3.63) is 16.1 Å². The van der Waals surface area contributed by atoms with Crippen molar-refractivity contribution >= 4 is 40.4 Å². The Bertz CT molecular complexity index is 489. The van der Waals surface area contributed by atoms with Gasteiger partial charge in [0.05, 0.1) is 10.9 Å². The van der Waals surface area contributed by atoms with E-state index >= 15 is 0 Å². The molecule has 0 unspecified atom stereocenters. The Hall–Kier alpha value is -0.530. The van der Waals surface area contributed by atoms with Gasteiger partial charge in [-0.05, 0) is 6.42 Å². The molecule has 3 nitrogen and oxygen atoms in total. The predicted molar refractivity (Wildman–Crippen MR) is 66.4 cm³/mol. The van der Waals surface area contributed by atoms with Gasteiger partial charge in [-0.3, -0.25) is 4.79 Å². The molecule has 1 heterocycles. The Balaban J connectivity index is 1.77. The highest BCUT2D eigenvalue weighted by Gasteiger charge is 2.56. The van der Waals surface area contributed by atoms with Crippen molar-refractivity contribution in [3.8, 4) is 0 Å². The molecule has 1 saturated carbocycles. The van der Waals surface area contributed by atoms with Gasteiger partial charge < -0.3 is 5.32 Å². The first-order valence-electron chi connectivity index (χ1n) is 5.37. The maximum absolute atomic E-state index is 12.3. The maximum Gasteiger partial charge on any atom is 0.434 e. The summed E-state index contributed by atoms with van der Waals surface area (Å²) >= 11 is 12.4. The zero-order chi connectivity index (χ0) is 14.3. The quantitative estimate of drug-likeness (QED) is 0.861. The number of rotatable bonds is 4. The molecular weight excluding hydrogens is 324 g/mol. The second kappa shape index (κ2) is 5.10. The van der Waals surface area contributed by atoms with E-state index in [2.05, 4.69) is 10.3 Å². The number of hydrogen-bond acceptors (Lipinski definition) is 3. The van der Waals surface area contributed by atoms with Gasteiger partial charge in [-0.25, -0.2) is 4.98 Å². The molecule has 1 N–H and O–H groups in total. The molecule has 106 valence electrons. The summed E-state index contributed by atoms with van der Waals surface area (Å²) in [5.74, 6) is -0.713. The standard InChI is InChI=1S/C10H9Cl2F3N2OS/c11-9(12)3-5(9)8(18)16-2-1-7-17-6(4-19-7)10(13,14)15/h4-5H,1-3H2,(H,16,18)/t5-/m0/s1. The molecule has 1 fully saturated rings. The number of nitrogens with zero attached hydrogens (tertiary/aromatic N) is 1. The largest absolute Gasteiger partial charge is 0.434 e. The summed E-state index contributed by atoms with van der Waals surface area (Å²) < 4.78 is 35.9. The van der Waals surface area contributed by atoms with Crippen molar-refractivity contribution in [2.75, 3.05) is 6.54 Å². The zero-order valence-electron chi connectivity index (χ0n) is 9.43. The summed E-state index contributed by atoms with van der Waals surface area (Å²) in [5.41, 5.74) is -0.901. The minimum Gasteiger partial charge on any atom is -0.355 e. The van der Waals surface area contributed by atoms with Crippen LogP contribution < -0.4 is 5.32 Å². The Morgan fingerprint density at radius 1 is 1.58 bits per heavy atom. The molecule has 1 aromatic rings. The van der Waals surface area contributed by atoms with Gasteiger partial charge in [0, 0.05) is 18.3 Å². The molecule has 0 aromatic carbocycles. The molecule has 0 radical (unpaired) electrons. The van der Waals surface area contributed by atoms with E-state index in [9.17, 15) is 18.0 Å². The highest BCUT2D eigenvalue weighted by Crippen LogP contribution is 2.53. The summed E-state index contributed by atoms with van der Waals surface area (Å²) in [6.07, 6.45) is -3.78. The van der Waals surface area contributed by atoms with Crippen LogP contribution in [0.2, 0.25) is 0 Å². The number of hydrogen-bond donors (Lipinski definition) is 1. The van der Waals surface area contributed by atoms with Gasteiger partial charge >= 0.3 is 6.18 Å². The molecule has 0 aliphatic heterocycles. The van der Waals surface area contributed by atoms with Crippen LogP contribution in [0, 0.1) is 5.92 Å². The van der Waals surface area contributed by atoms with Crippen molar-refractivity contribution in [1.82, 2.24) is 10.3 Å². The van der Waals surface area contributed by atoms with Crippen molar-refractivity contribution < 1.29 is 18.0 Å². The second-order valence-corrected chi connectivity index (χ2v) is 6.67. The normalized spacial score (nSPS) is 21.2. The summed E-state index contributed by atoms with van der Waals surface area (Å²) in [6.45, 7) is 0.212. The lowest BCUT2D eigenvalue weighted by Crippen LogP contribution is -2.28. The van der Waals surface area contributed by atoms with Gasteiger partial charge in [-0.15, -0.1) is 34.5 Å². The first-order valence-corrected chi connectivity index (χ1v) is 7.01. The number of aromatic nitrogens is 1. The predicted octanol–water partition coefficient (Wildman–Crippen LogP) is 3.01. The Morgan fingerprint density at radius 3 is 2.68 bits per heavy atom. The summed E-state index contributed by atoms with van der Waals surface area (Å²) in [6, 6.07) is 0. The van der Waals surface area contributed by atoms with Crippen LogP contribution in [0.3, 0.4) is 0 Å². The average molecular weight is 333 g/mol. The monoisotopic (exact) mass is 332 g/mol. The van der Waals surface area contributed by atoms with Crippen molar-refractivity contribution in [2.24, 2.45) is 5.92 Å². The van der Waals surface area contributed by atoms with Gasteiger partial charge in [0.25, 0.3) is 0 Å². The molecule has 0 bridgehead atoms. The third-order valence-corrected chi connectivity index (χ3v) is 4.37. The fourth-order valence-electron chi connectivity index (χ4n) is 1.47. The van der Waals surface area contributed by atoms with Gasteiger partial charge in [-0.1, -0.05) is 0 Å². The molecule has 1 amide bonds. The lowest BCUT2D eigenvalue weighted by atomic mass is 10.3. The van der Waals surface area contributed by atoms with E-state index in [4.69, 9.17) is 23.2 Å². The van der Waals surface area contributed by atoms with Crippen LogP contribution in [0.5, 0.6) is 0 Å². The fourth-order valence-corrected chi connectivity index (χ4v) is 2.78. The molecule has 9 heteroatoms. The summed E-state index contributed by atoms with van der Waals surface area (Å²) in [7, 11) is 0. The van der Waals surface area contributed by atoms with Crippen LogP contribution in [0.4, 0.5) is 13.2 Å². The average Bonchev–Trinajstić information content (AvgIpc) is 2.74. The number of halogens is 5. The molecule has 1 aromatic heterocycles. The van der Waals surface area contributed by atoms with Crippen molar-refractivity contribution in [1.29, 1.82) is 0 Å². The smallest absolute Gasteiger partial charge is 0.355 e. The molecule has 19 heavy (non-hydrogen) atoms. The molecule has 1 aliphatic rings. The van der Waals surface area contributed by atoms with Gasteiger partial charge in [0.15, 0.2) is 5.69 Å². The Kier molecular flexibility index (Phi) is 3.99. The summed E-state index contributed by atoms with van der Waals surface area (Å²) in [4.78, 5) is 15.0. The maximum atomic E-state index is 12.3. The number of thiazole rings is 1. The number of alkyl halides is 5. The summed E-state index contributed by atoms with van der Waals surface area (Å²) in [5, 5.41) is 3.86. The molecule has 2 rings (SSSR count). The number of nitrogens with one attached hydrogen (secondary N) is 1. The lowest BCUT2D eigenvalue weighted by molar-refractivity contribution is -0.140. The van der Waals surface area contributed by atoms with E-state index in [1.165, 1.54) is 0 Å². The van der Waals surface area contributed by atoms with Crippen LogP contribution >= 0.6 is 34.5 Å². The van der Waals surface area contributed by atoms with Crippen LogP contribution in [-0.4, -0.2) is 21.8 Å². The van der Waals surface area contributed by atoms with Crippen molar-refractivity contribution in [3.63, 3.8) is 0 Å². The Labute approximate surface area is 121 Å². The van der Waals surface area contributed by atoms with Crippen LogP contribution in [-0.2, 0) is 17.4 Å². The van der Waals surface area contributed by atoms with Crippen LogP contribution in [0.25, 0.3) is 0 Å². The molecule has 0 saturated heterocycles. The van der Waals surface area contributed by atoms with Crippen LogP contribution in [0.15, 0.2) is 5.38 Å². The second-order valence-electron chi connectivity index (χ2n) is 4.18. The third-order valence-electron chi connectivity index (χ3n) is 2.62. The van der Waals surface area contributed by atoms with E-state index < -0.39 is 22.1 Å². The van der Waals surface area contributed by atoms with E-state index in [0.717, 1.165) is 16.7 Å². The van der Waals surface area contributed by atoms with E-state index in [1.807, 2.05) is 0 Å². The van der Waals surface area contributed by atoms with Crippen LogP contribution in [0.1, 0.15) is 17.1 Å². The highest BCUT2D eigenvalue weighted by molar-refractivity contribution is 7.09. The molecular formula is C10H9Cl2F3N2OS. The van der Waals surface area contributed by atoms with Crippen molar-refractivity contribution in [2.45, 2.75) is 23.4 Å². The van der Waals surface area contributed by atoms with E-state index in [1.54, 1.807) is 0 Å². The SMILES string of the molecule is O=C(NCCc1nc(C(F)(F)F)cs1)[C@@H]1CC1(Cl)Cl. The van der Waals surface area contributed by atoms with Gasteiger partial charge in [0.1, 0.15) is 4.33 Å². The molecule has 0 spiro atoms. The minimum absolute atomic E-state index is 0.212. The topological polar surface area (TPSA) is 42.0 Å². The lowest BCUT2D eigenvalue weighted by Gasteiger charge is -2.03. The van der Waals surface area contributed by atoms with Gasteiger partial charge in [0.2, 0.25) is 5.91 Å². The minimum atomic E-state index is -4.43. The number of carbonyl (C=O) groups is 1. The first kappa shape index (κ1) is 14.9.